The Bertz CT molecular complexity index is 1020. The highest BCUT2D eigenvalue weighted by atomic mass is 16.1. The SMILES string of the molecule is Cn1c(=O)[nH]c2cc(-c3nn(C(C)(C)C)c(N)c3C(N)=O)ccc21. The fraction of sp³-hybridized carbons (Fsp3) is 0.312. The maximum absolute atomic E-state index is 11.9. The van der Waals surface area contributed by atoms with E-state index in [1.165, 1.54) is 4.57 Å². The Balaban J connectivity index is 2.29. The standard InChI is InChI=1S/C16H20N6O2/c1-16(2,3)22-13(17)11(14(18)23)12(20-22)8-5-6-10-9(7-8)19-15(24)21(10)4/h5-7H,17H2,1-4H3,(H2,18,23)(H,19,24). The van der Waals surface area contributed by atoms with Crippen LogP contribution in [0.1, 0.15) is 31.1 Å². The van der Waals surface area contributed by atoms with Gasteiger partial charge in [0.1, 0.15) is 17.1 Å². The number of fused-ring (bicyclic) bond motifs is 1. The zero-order valence-electron chi connectivity index (χ0n) is 14.0. The molecule has 8 heteroatoms. The Kier molecular flexibility index (Phi) is 3.29. The molecule has 126 valence electrons. The number of nitrogens with one attached hydrogen (secondary N) is 1. The second-order valence-corrected chi connectivity index (χ2v) is 6.78. The van der Waals surface area contributed by atoms with E-state index < -0.39 is 11.4 Å². The minimum Gasteiger partial charge on any atom is -0.383 e. The van der Waals surface area contributed by atoms with Crippen molar-refractivity contribution < 1.29 is 4.79 Å². The van der Waals surface area contributed by atoms with E-state index in [0.717, 1.165) is 5.52 Å². The predicted molar refractivity (Wildman–Crippen MR) is 92.7 cm³/mol. The molecule has 1 amide bonds. The van der Waals surface area contributed by atoms with Crippen molar-refractivity contribution in [2.75, 3.05) is 5.73 Å². The lowest BCUT2D eigenvalue weighted by molar-refractivity contribution is 0.100. The average molecular weight is 328 g/mol. The number of anilines is 1. The molecule has 2 heterocycles. The quantitative estimate of drug-likeness (QED) is 0.653. The third-order valence-electron chi connectivity index (χ3n) is 3.98. The second kappa shape index (κ2) is 4.98. The summed E-state index contributed by atoms with van der Waals surface area (Å²) in [5.41, 5.74) is 13.7. The van der Waals surface area contributed by atoms with Gasteiger partial charge in [0.15, 0.2) is 0 Å². The predicted octanol–water partition coefficient (Wildman–Crippen LogP) is 1.17. The van der Waals surface area contributed by atoms with Crippen LogP contribution in [0.5, 0.6) is 0 Å². The van der Waals surface area contributed by atoms with Gasteiger partial charge in [-0.05, 0) is 32.9 Å². The average Bonchev–Trinajstić information content (AvgIpc) is 2.96. The van der Waals surface area contributed by atoms with Crippen LogP contribution in [0.2, 0.25) is 0 Å². The van der Waals surface area contributed by atoms with Gasteiger partial charge in [-0.3, -0.25) is 9.36 Å². The first kappa shape index (κ1) is 15.9. The number of benzene rings is 1. The van der Waals surface area contributed by atoms with Crippen molar-refractivity contribution in [3.05, 3.63) is 34.2 Å². The molecule has 0 aliphatic carbocycles. The van der Waals surface area contributed by atoms with E-state index in [1.54, 1.807) is 29.9 Å². The van der Waals surface area contributed by atoms with Crippen LogP contribution in [-0.2, 0) is 12.6 Å². The number of H-pyrrole nitrogens is 1. The van der Waals surface area contributed by atoms with E-state index in [0.29, 0.717) is 16.8 Å². The van der Waals surface area contributed by atoms with Crippen LogP contribution < -0.4 is 17.2 Å². The zero-order chi connectivity index (χ0) is 17.8. The minimum absolute atomic E-state index is 0.183. The van der Waals surface area contributed by atoms with Gasteiger partial charge in [0, 0.05) is 12.6 Å². The number of hydrogen-bond acceptors (Lipinski definition) is 4. The van der Waals surface area contributed by atoms with Crippen molar-refractivity contribution in [2.45, 2.75) is 26.3 Å². The Hall–Kier alpha value is -3.03. The van der Waals surface area contributed by atoms with E-state index in [2.05, 4.69) is 10.1 Å². The van der Waals surface area contributed by atoms with E-state index in [-0.39, 0.29) is 17.1 Å². The van der Waals surface area contributed by atoms with Crippen LogP contribution in [-0.4, -0.2) is 25.2 Å². The molecule has 0 fully saturated rings. The number of rotatable bonds is 2. The number of nitrogen functional groups attached to an aromatic ring is 1. The Labute approximate surface area is 138 Å². The largest absolute Gasteiger partial charge is 0.383 e. The molecule has 3 aromatic rings. The van der Waals surface area contributed by atoms with Gasteiger partial charge < -0.3 is 16.5 Å². The minimum atomic E-state index is -0.639. The molecule has 24 heavy (non-hydrogen) atoms. The van der Waals surface area contributed by atoms with Crippen molar-refractivity contribution in [3.8, 4) is 11.3 Å². The molecule has 3 rings (SSSR count). The molecule has 2 aromatic heterocycles. The third-order valence-corrected chi connectivity index (χ3v) is 3.98. The topological polar surface area (TPSA) is 125 Å². The highest BCUT2D eigenvalue weighted by Crippen LogP contribution is 2.31. The van der Waals surface area contributed by atoms with Crippen molar-refractivity contribution in [3.63, 3.8) is 0 Å². The zero-order valence-corrected chi connectivity index (χ0v) is 14.0. The normalized spacial score (nSPS) is 12.0. The number of primary amides is 1. The van der Waals surface area contributed by atoms with Gasteiger partial charge in [0.25, 0.3) is 5.91 Å². The maximum atomic E-state index is 11.9. The van der Waals surface area contributed by atoms with Gasteiger partial charge >= 0.3 is 5.69 Å². The summed E-state index contributed by atoms with van der Waals surface area (Å²) in [6.07, 6.45) is 0. The van der Waals surface area contributed by atoms with Crippen LogP contribution in [0.25, 0.3) is 22.3 Å². The lowest BCUT2D eigenvalue weighted by Crippen LogP contribution is -2.25. The number of nitrogens with two attached hydrogens (primary N) is 2. The van der Waals surface area contributed by atoms with Gasteiger partial charge in [-0.2, -0.15) is 5.10 Å². The molecule has 8 nitrogen and oxygen atoms in total. The van der Waals surface area contributed by atoms with Gasteiger partial charge in [-0.15, -0.1) is 0 Å². The highest BCUT2D eigenvalue weighted by Gasteiger charge is 2.27. The fourth-order valence-corrected chi connectivity index (χ4v) is 2.77. The molecule has 0 spiro atoms. The first-order valence-corrected chi connectivity index (χ1v) is 7.49. The molecule has 1 aromatic carbocycles. The number of aryl methyl sites for hydroxylation is 1. The van der Waals surface area contributed by atoms with E-state index in [4.69, 9.17) is 11.5 Å². The molecule has 0 unspecified atom stereocenters. The maximum Gasteiger partial charge on any atom is 0.326 e. The molecule has 0 aliphatic heterocycles. The van der Waals surface area contributed by atoms with Gasteiger partial charge in [-0.1, -0.05) is 6.07 Å². The van der Waals surface area contributed by atoms with E-state index >= 15 is 0 Å². The molecule has 0 bridgehead atoms. The Morgan fingerprint density at radius 3 is 2.54 bits per heavy atom. The fourth-order valence-electron chi connectivity index (χ4n) is 2.77. The van der Waals surface area contributed by atoms with Crippen molar-refractivity contribution in [2.24, 2.45) is 12.8 Å². The van der Waals surface area contributed by atoms with E-state index in [9.17, 15) is 9.59 Å². The molecule has 5 N–H and O–H groups in total. The molecule has 0 atom stereocenters. The number of hydrogen-bond donors (Lipinski definition) is 3. The number of aromatic amines is 1. The number of aromatic nitrogens is 4. The number of imidazole rings is 1. The van der Waals surface area contributed by atoms with Crippen molar-refractivity contribution >= 4 is 22.8 Å². The van der Waals surface area contributed by atoms with Crippen LogP contribution in [0.15, 0.2) is 23.0 Å². The Morgan fingerprint density at radius 2 is 1.96 bits per heavy atom. The summed E-state index contributed by atoms with van der Waals surface area (Å²) in [4.78, 5) is 26.4. The van der Waals surface area contributed by atoms with Crippen molar-refractivity contribution in [1.29, 1.82) is 0 Å². The summed E-state index contributed by atoms with van der Waals surface area (Å²) in [5.74, 6) is -0.411. The first-order valence-electron chi connectivity index (χ1n) is 7.49. The number of carbonyl (C=O) groups is 1. The third kappa shape index (κ3) is 2.27. The van der Waals surface area contributed by atoms with Crippen LogP contribution in [0, 0.1) is 0 Å². The summed E-state index contributed by atoms with van der Waals surface area (Å²) in [6, 6.07) is 5.34. The number of nitrogens with zero attached hydrogens (tertiary/aromatic N) is 3. The molecular formula is C16H20N6O2. The Morgan fingerprint density at radius 1 is 1.29 bits per heavy atom. The van der Waals surface area contributed by atoms with Gasteiger partial charge in [-0.25, -0.2) is 9.48 Å². The molecule has 0 aliphatic rings. The molecular weight excluding hydrogens is 308 g/mol. The molecule has 0 saturated heterocycles. The van der Waals surface area contributed by atoms with E-state index in [1.807, 2.05) is 20.8 Å². The molecule has 0 radical (unpaired) electrons. The van der Waals surface area contributed by atoms with Crippen LogP contribution in [0.3, 0.4) is 0 Å². The lowest BCUT2D eigenvalue weighted by Gasteiger charge is -2.20. The summed E-state index contributed by atoms with van der Waals surface area (Å²) < 4.78 is 3.09. The number of carbonyl (C=O) groups excluding carboxylic acids is 1. The summed E-state index contributed by atoms with van der Waals surface area (Å²) in [7, 11) is 1.68. The second-order valence-electron chi connectivity index (χ2n) is 6.78. The summed E-state index contributed by atoms with van der Waals surface area (Å²) >= 11 is 0. The summed E-state index contributed by atoms with van der Waals surface area (Å²) in [6.45, 7) is 5.80. The van der Waals surface area contributed by atoms with Gasteiger partial charge in [0.05, 0.1) is 16.6 Å². The number of amides is 1. The van der Waals surface area contributed by atoms with Crippen molar-refractivity contribution in [1.82, 2.24) is 19.3 Å². The summed E-state index contributed by atoms with van der Waals surface area (Å²) in [5, 5.41) is 4.50. The van der Waals surface area contributed by atoms with Crippen LogP contribution in [0.4, 0.5) is 5.82 Å². The smallest absolute Gasteiger partial charge is 0.326 e. The lowest BCUT2D eigenvalue weighted by atomic mass is 10.1. The highest BCUT2D eigenvalue weighted by molar-refractivity contribution is 6.03. The molecule has 0 saturated carbocycles. The van der Waals surface area contributed by atoms with Crippen LogP contribution >= 0.6 is 0 Å². The monoisotopic (exact) mass is 328 g/mol. The van der Waals surface area contributed by atoms with Gasteiger partial charge in [0.2, 0.25) is 0 Å². The first-order chi connectivity index (χ1) is 11.1.